The van der Waals surface area contributed by atoms with Gasteiger partial charge in [-0.15, -0.1) is 0 Å². The Kier molecular flexibility index (Phi) is 8.89. The largest absolute Gasteiger partial charge is 0.480 e. The minimum absolute atomic E-state index is 0.0308. The molecule has 0 spiro atoms. The van der Waals surface area contributed by atoms with Crippen LogP contribution in [0, 0.1) is 0 Å². The van der Waals surface area contributed by atoms with Gasteiger partial charge in [-0.25, -0.2) is 9.59 Å². The lowest BCUT2D eigenvalue weighted by atomic mass is 10.2. The standard InChI is InChI=1S/C10H20N2O6/c1-18-7-2-8(9(15)16)11-10(17)12(3-5-13)4-6-14/h8,13-14H,2-7H2,1H3,(H,11,17)(H,15,16). The Morgan fingerprint density at radius 3 is 2.22 bits per heavy atom. The first-order chi connectivity index (χ1) is 8.56. The van der Waals surface area contributed by atoms with E-state index in [1.165, 1.54) is 7.11 Å². The summed E-state index contributed by atoms with van der Waals surface area (Å²) in [4.78, 5) is 23.7. The highest BCUT2D eigenvalue weighted by molar-refractivity contribution is 5.82. The third-order valence-corrected chi connectivity index (χ3v) is 2.23. The number of hydrogen-bond donors (Lipinski definition) is 4. The van der Waals surface area contributed by atoms with Crippen LogP contribution < -0.4 is 5.32 Å². The van der Waals surface area contributed by atoms with Crippen molar-refractivity contribution in [3.8, 4) is 0 Å². The highest BCUT2D eigenvalue weighted by Gasteiger charge is 2.22. The molecule has 0 saturated carbocycles. The first-order valence-corrected chi connectivity index (χ1v) is 5.55. The average molecular weight is 264 g/mol. The summed E-state index contributed by atoms with van der Waals surface area (Å²) in [5.74, 6) is -1.16. The molecule has 0 aromatic carbocycles. The number of aliphatic carboxylic acids is 1. The lowest BCUT2D eigenvalue weighted by Gasteiger charge is -2.23. The zero-order chi connectivity index (χ0) is 14.0. The summed E-state index contributed by atoms with van der Waals surface area (Å²) in [6.07, 6.45) is 0.143. The van der Waals surface area contributed by atoms with Gasteiger partial charge in [-0.1, -0.05) is 0 Å². The first-order valence-electron chi connectivity index (χ1n) is 5.55. The number of hydrogen-bond acceptors (Lipinski definition) is 5. The third kappa shape index (κ3) is 6.38. The fourth-order valence-corrected chi connectivity index (χ4v) is 1.29. The number of carbonyl (C=O) groups is 2. The van der Waals surface area contributed by atoms with Crippen molar-refractivity contribution in [3.63, 3.8) is 0 Å². The highest BCUT2D eigenvalue weighted by Crippen LogP contribution is 1.97. The van der Waals surface area contributed by atoms with E-state index >= 15 is 0 Å². The molecule has 8 nitrogen and oxygen atoms in total. The van der Waals surface area contributed by atoms with E-state index in [0.29, 0.717) is 0 Å². The first kappa shape index (κ1) is 16.6. The molecule has 0 rings (SSSR count). The quantitative estimate of drug-likeness (QED) is 0.401. The van der Waals surface area contributed by atoms with Crippen molar-refractivity contribution >= 4 is 12.0 Å². The Morgan fingerprint density at radius 2 is 1.83 bits per heavy atom. The molecule has 1 atom stereocenters. The molecule has 1 unspecified atom stereocenters. The minimum Gasteiger partial charge on any atom is -0.480 e. The number of nitrogens with zero attached hydrogens (tertiary/aromatic N) is 1. The second-order valence-corrected chi connectivity index (χ2v) is 3.56. The van der Waals surface area contributed by atoms with Gasteiger partial charge in [-0.2, -0.15) is 0 Å². The number of nitrogens with one attached hydrogen (secondary N) is 1. The Hall–Kier alpha value is -1.38. The second kappa shape index (κ2) is 9.63. The zero-order valence-corrected chi connectivity index (χ0v) is 10.3. The van der Waals surface area contributed by atoms with Crippen molar-refractivity contribution in [3.05, 3.63) is 0 Å². The van der Waals surface area contributed by atoms with Gasteiger partial charge in [0.1, 0.15) is 6.04 Å². The summed E-state index contributed by atoms with van der Waals surface area (Å²) < 4.78 is 4.75. The van der Waals surface area contributed by atoms with Crippen LogP contribution in [0.15, 0.2) is 0 Å². The average Bonchev–Trinajstić information content (AvgIpc) is 2.33. The maximum atomic E-state index is 11.7. The van der Waals surface area contributed by atoms with E-state index in [1.54, 1.807) is 0 Å². The van der Waals surface area contributed by atoms with Gasteiger partial charge in [0.2, 0.25) is 0 Å². The number of aliphatic hydroxyl groups excluding tert-OH is 2. The zero-order valence-electron chi connectivity index (χ0n) is 10.3. The van der Waals surface area contributed by atoms with Gasteiger partial charge in [0.15, 0.2) is 0 Å². The van der Waals surface area contributed by atoms with Gasteiger partial charge in [-0.3, -0.25) is 0 Å². The number of amides is 2. The number of rotatable bonds is 9. The number of ether oxygens (including phenoxy) is 1. The van der Waals surface area contributed by atoms with Crippen LogP contribution in [-0.4, -0.2) is 78.3 Å². The van der Waals surface area contributed by atoms with Crippen molar-refractivity contribution < 1.29 is 29.6 Å². The lowest BCUT2D eigenvalue weighted by Crippen LogP contribution is -2.49. The van der Waals surface area contributed by atoms with Gasteiger partial charge in [0.05, 0.1) is 13.2 Å². The number of aliphatic hydroxyl groups is 2. The summed E-state index contributed by atoms with van der Waals surface area (Å²) in [5.41, 5.74) is 0. The summed E-state index contributed by atoms with van der Waals surface area (Å²) in [5, 5.41) is 28.7. The predicted octanol–water partition coefficient (Wildman–Crippen LogP) is -1.53. The van der Waals surface area contributed by atoms with Crippen LogP contribution in [0.2, 0.25) is 0 Å². The summed E-state index contributed by atoms with van der Waals surface area (Å²) >= 11 is 0. The van der Waals surface area contributed by atoms with E-state index in [2.05, 4.69) is 5.32 Å². The molecule has 0 aliphatic carbocycles. The Balaban J connectivity index is 4.39. The highest BCUT2D eigenvalue weighted by atomic mass is 16.5. The number of carboxylic acids is 1. The van der Waals surface area contributed by atoms with Crippen molar-refractivity contribution in [2.24, 2.45) is 0 Å². The maximum absolute atomic E-state index is 11.7. The minimum atomic E-state index is -1.16. The molecule has 0 aromatic heterocycles. The number of methoxy groups -OCH3 is 1. The van der Waals surface area contributed by atoms with Gasteiger partial charge in [0, 0.05) is 33.2 Å². The van der Waals surface area contributed by atoms with Gasteiger partial charge < -0.3 is 30.3 Å². The monoisotopic (exact) mass is 264 g/mol. The molecule has 8 heteroatoms. The normalized spacial score (nSPS) is 11.9. The van der Waals surface area contributed by atoms with Gasteiger partial charge in [0.25, 0.3) is 0 Å². The van der Waals surface area contributed by atoms with E-state index in [0.717, 1.165) is 4.90 Å². The van der Waals surface area contributed by atoms with Crippen LogP contribution in [0.25, 0.3) is 0 Å². The number of carboxylic acid groups (broad SMARTS) is 1. The number of urea groups is 1. The van der Waals surface area contributed by atoms with Crippen molar-refractivity contribution in [2.75, 3.05) is 40.0 Å². The van der Waals surface area contributed by atoms with Crippen LogP contribution in [0.5, 0.6) is 0 Å². The fourth-order valence-electron chi connectivity index (χ4n) is 1.29. The van der Waals surface area contributed by atoms with Crippen LogP contribution >= 0.6 is 0 Å². The summed E-state index contributed by atoms with van der Waals surface area (Å²) in [6.45, 7) is -0.254. The maximum Gasteiger partial charge on any atom is 0.326 e. The lowest BCUT2D eigenvalue weighted by molar-refractivity contribution is -0.139. The number of carbonyl (C=O) groups excluding carboxylic acids is 1. The van der Waals surface area contributed by atoms with Crippen LogP contribution in [-0.2, 0) is 9.53 Å². The molecule has 2 amide bonds. The molecule has 4 N–H and O–H groups in total. The molecule has 0 aliphatic rings. The second-order valence-electron chi connectivity index (χ2n) is 3.56. The molecule has 0 fully saturated rings. The van der Waals surface area contributed by atoms with Crippen molar-refractivity contribution in [1.82, 2.24) is 10.2 Å². The smallest absolute Gasteiger partial charge is 0.326 e. The van der Waals surface area contributed by atoms with E-state index in [-0.39, 0.29) is 39.3 Å². The van der Waals surface area contributed by atoms with Crippen LogP contribution in [0.4, 0.5) is 4.79 Å². The summed E-state index contributed by atoms with van der Waals surface area (Å²) in [6, 6.07) is -1.70. The molecule has 0 saturated heterocycles. The molecule has 106 valence electrons. The Labute approximate surface area is 105 Å². The van der Waals surface area contributed by atoms with E-state index in [9.17, 15) is 9.59 Å². The van der Waals surface area contributed by atoms with Gasteiger partial charge >= 0.3 is 12.0 Å². The molecular formula is C10H20N2O6. The molecular weight excluding hydrogens is 244 g/mol. The molecule has 0 aromatic rings. The predicted molar refractivity (Wildman–Crippen MR) is 62.2 cm³/mol. The topological polar surface area (TPSA) is 119 Å². The third-order valence-electron chi connectivity index (χ3n) is 2.23. The molecule has 0 bridgehead atoms. The van der Waals surface area contributed by atoms with E-state index < -0.39 is 18.0 Å². The van der Waals surface area contributed by atoms with Gasteiger partial charge in [-0.05, 0) is 0 Å². The van der Waals surface area contributed by atoms with Crippen LogP contribution in [0.1, 0.15) is 6.42 Å². The van der Waals surface area contributed by atoms with Crippen molar-refractivity contribution in [1.29, 1.82) is 0 Å². The SMILES string of the molecule is COCCC(NC(=O)N(CCO)CCO)C(=O)O. The Bertz CT molecular complexity index is 255. The molecule has 0 radical (unpaired) electrons. The molecule has 0 heterocycles. The molecule has 0 aliphatic heterocycles. The van der Waals surface area contributed by atoms with Crippen LogP contribution in [0.3, 0.4) is 0 Å². The Morgan fingerprint density at radius 1 is 1.28 bits per heavy atom. The van der Waals surface area contributed by atoms with Crippen molar-refractivity contribution in [2.45, 2.75) is 12.5 Å². The molecule has 18 heavy (non-hydrogen) atoms. The summed E-state index contributed by atoms with van der Waals surface area (Å²) in [7, 11) is 1.44. The van der Waals surface area contributed by atoms with E-state index in [4.69, 9.17) is 20.1 Å². The van der Waals surface area contributed by atoms with E-state index in [1.807, 2.05) is 0 Å². The fraction of sp³-hybridized carbons (Fsp3) is 0.800.